The van der Waals surface area contributed by atoms with Crippen LogP contribution in [0.5, 0.6) is 0 Å². The first-order valence-corrected chi connectivity index (χ1v) is 11.2. The maximum absolute atomic E-state index is 14.2. The van der Waals surface area contributed by atoms with E-state index in [1.54, 1.807) is 23.0 Å². The number of hydrogen-bond donors (Lipinski definition) is 3. The number of aryl methyl sites for hydroxylation is 2. The minimum atomic E-state index is -0.424. The van der Waals surface area contributed by atoms with E-state index in [1.807, 2.05) is 14.0 Å². The van der Waals surface area contributed by atoms with Gasteiger partial charge >= 0.3 is 0 Å². The van der Waals surface area contributed by atoms with Gasteiger partial charge in [-0.15, -0.1) is 0 Å². The van der Waals surface area contributed by atoms with E-state index < -0.39 is 11.7 Å². The van der Waals surface area contributed by atoms with Gasteiger partial charge in [-0.05, 0) is 38.6 Å². The number of amides is 1. The average Bonchev–Trinajstić information content (AvgIpc) is 3.22. The smallest absolute Gasteiger partial charge is 0.277 e. The minimum Gasteiger partial charge on any atom is -0.389 e. The molecule has 0 atom stereocenters. The molecule has 170 valence electrons. The zero-order valence-electron chi connectivity index (χ0n) is 18.3. The first-order chi connectivity index (χ1) is 15.4. The zero-order valence-corrected chi connectivity index (χ0v) is 19.1. The lowest BCUT2D eigenvalue weighted by atomic mass is 10.1. The van der Waals surface area contributed by atoms with Crippen molar-refractivity contribution >= 4 is 40.5 Å². The number of aromatic nitrogens is 3. The first kappa shape index (κ1) is 23.4. The molecule has 4 N–H and O–H groups in total. The van der Waals surface area contributed by atoms with E-state index in [-0.39, 0.29) is 10.7 Å². The van der Waals surface area contributed by atoms with Gasteiger partial charge in [0.1, 0.15) is 21.5 Å². The summed E-state index contributed by atoms with van der Waals surface area (Å²) in [5.41, 5.74) is 8.04. The molecule has 1 aromatic carbocycles. The Bertz CT molecular complexity index is 1090. The van der Waals surface area contributed by atoms with Crippen molar-refractivity contribution in [2.45, 2.75) is 32.6 Å². The van der Waals surface area contributed by atoms with Crippen LogP contribution in [0.2, 0.25) is 0 Å². The van der Waals surface area contributed by atoms with E-state index in [0.29, 0.717) is 16.3 Å². The number of nitrogens with zero attached hydrogens (tertiary/aromatic N) is 4. The number of carbonyl (C=O) groups is 1. The van der Waals surface area contributed by atoms with Crippen LogP contribution >= 0.6 is 11.3 Å². The molecular formula is C22H28FN7OS. The number of nitrogen functional groups attached to an aromatic ring is 1. The highest BCUT2D eigenvalue weighted by Gasteiger charge is 2.23. The molecule has 1 fully saturated rings. The Morgan fingerprint density at radius 1 is 1.25 bits per heavy atom. The van der Waals surface area contributed by atoms with Gasteiger partial charge in [0.15, 0.2) is 11.5 Å². The number of thiazole rings is 1. The summed E-state index contributed by atoms with van der Waals surface area (Å²) < 4.78 is 16.0. The maximum Gasteiger partial charge on any atom is 0.277 e. The number of nitrogens with one attached hydrogen (secondary N) is 2. The lowest BCUT2D eigenvalue weighted by Crippen LogP contribution is -2.27. The molecule has 1 amide bonds. The fraction of sp³-hybridized carbons (Fsp3) is 0.364. The molecule has 2 aromatic heterocycles. The van der Waals surface area contributed by atoms with Crippen LogP contribution in [0.25, 0.3) is 10.6 Å². The number of hydrogen-bond acceptors (Lipinski definition) is 7. The highest BCUT2D eigenvalue weighted by Crippen LogP contribution is 2.33. The van der Waals surface area contributed by atoms with Gasteiger partial charge in [-0.1, -0.05) is 35.8 Å². The Labute approximate surface area is 190 Å². The van der Waals surface area contributed by atoms with Crippen molar-refractivity contribution < 1.29 is 9.18 Å². The highest BCUT2D eigenvalue weighted by atomic mass is 32.1. The molecule has 3 aromatic rings. The van der Waals surface area contributed by atoms with E-state index in [9.17, 15) is 9.18 Å². The first-order valence-electron chi connectivity index (χ1n) is 10.4. The predicted octanol–water partition coefficient (Wildman–Crippen LogP) is 4.47. The quantitative estimate of drug-likeness (QED) is 0.500. The molecule has 0 spiro atoms. The van der Waals surface area contributed by atoms with Crippen molar-refractivity contribution in [1.82, 2.24) is 14.8 Å². The summed E-state index contributed by atoms with van der Waals surface area (Å²) in [5.74, 6) is 0.0631. The zero-order chi connectivity index (χ0) is 23.3. The third kappa shape index (κ3) is 4.96. The van der Waals surface area contributed by atoms with E-state index >= 15 is 0 Å². The Hall–Kier alpha value is -3.27. The Morgan fingerprint density at radius 2 is 1.94 bits per heavy atom. The summed E-state index contributed by atoms with van der Waals surface area (Å²) in [4.78, 5) is 19.5. The summed E-state index contributed by atoms with van der Waals surface area (Å²) in [6.07, 6.45) is 6.29. The maximum atomic E-state index is 14.2. The summed E-state index contributed by atoms with van der Waals surface area (Å²) in [5, 5.41) is 13.4. The number of benzene rings is 1. The van der Waals surface area contributed by atoms with Crippen LogP contribution in [0.4, 0.5) is 20.9 Å². The summed E-state index contributed by atoms with van der Waals surface area (Å²) in [6.45, 7) is 6.23. The molecule has 0 radical (unpaired) electrons. The molecule has 1 aliphatic heterocycles. The van der Waals surface area contributed by atoms with Crippen molar-refractivity contribution in [3.63, 3.8) is 0 Å². The third-order valence-corrected chi connectivity index (χ3v) is 6.20. The molecule has 8 nitrogen and oxygen atoms in total. The average molecular weight is 458 g/mol. The van der Waals surface area contributed by atoms with Gasteiger partial charge in [-0.25, -0.2) is 9.37 Å². The van der Waals surface area contributed by atoms with Gasteiger partial charge in [0.05, 0.1) is 6.20 Å². The van der Waals surface area contributed by atoms with Gasteiger partial charge in [-0.2, -0.15) is 5.10 Å². The molecular weight excluding hydrogens is 429 g/mol. The molecule has 1 aliphatic rings. The van der Waals surface area contributed by atoms with Crippen molar-refractivity contribution in [3.05, 3.63) is 41.5 Å². The second kappa shape index (κ2) is 10.4. The number of halogens is 1. The number of nitrogens with two attached hydrogens (primary N) is 1. The molecule has 0 saturated carbocycles. The number of carbonyl (C=O) groups excluding carboxylic acids is 1. The van der Waals surface area contributed by atoms with Gasteiger partial charge in [-0.3, -0.25) is 9.48 Å². The monoisotopic (exact) mass is 457 g/mol. The van der Waals surface area contributed by atoms with Crippen molar-refractivity contribution in [1.29, 1.82) is 5.41 Å². The molecule has 10 heteroatoms. The largest absolute Gasteiger partial charge is 0.389 e. The van der Waals surface area contributed by atoms with Crippen molar-refractivity contribution in [2.75, 3.05) is 29.0 Å². The summed E-state index contributed by atoms with van der Waals surface area (Å²) in [6, 6.07) is 4.79. The lowest BCUT2D eigenvalue weighted by molar-refractivity contribution is 0.102. The molecule has 4 rings (SSSR count). The second-order valence-electron chi connectivity index (χ2n) is 7.58. The van der Waals surface area contributed by atoms with Gasteiger partial charge in [0.2, 0.25) is 0 Å². The summed E-state index contributed by atoms with van der Waals surface area (Å²) in [7, 11) is 1.87. The standard InChI is InChI=1S/C21H25FN6OS.CH3N/c1-13-7-8-15(22)14(11-13)20-26-17(18(23)30-20)19(29)25-16-12-24-27(2)21(16)28-9-5-3-4-6-10-28;1-2/h7-8,11-12H,3-6,9-10,23H2,1-2H3,(H,25,29);2H,1H2. The molecule has 0 unspecified atom stereocenters. The SMILES string of the molecule is C=N.Cc1ccc(F)c(-c2nc(C(=O)Nc3cnn(C)c3N3CCCCCC3)c(N)s2)c1. The number of anilines is 3. The van der Waals surface area contributed by atoms with Gasteiger partial charge < -0.3 is 21.4 Å². The fourth-order valence-corrected chi connectivity index (χ4v) is 4.62. The van der Waals surface area contributed by atoms with E-state index in [2.05, 4.69) is 27.0 Å². The van der Waals surface area contributed by atoms with Crippen LogP contribution in [0.3, 0.4) is 0 Å². The molecule has 1 saturated heterocycles. The summed E-state index contributed by atoms with van der Waals surface area (Å²) >= 11 is 1.10. The van der Waals surface area contributed by atoms with E-state index in [4.69, 9.17) is 11.1 Å². The van der Waals surface area contributed by atoms with Crippen molar-refractivity contribution in [2.24, 2.45) is 7.05 Å². The minimum absolute atomic E-state index is 0.0987. The Morgan fingerprint density at radius 3 is 2.62 bits per heavy atom. The molecule has 0 bridgehead atoms. The van der Waals surface area contributed by atoms with Crippen LogP contribution in [0.15, 0.2) is 24.4 Å². The van der Waals surface area contributed by atoms with Gasteiger partial charge in [0, 0.05) is 25.7 Å². The Balaban J connectivity index is 0.00000141. The van der Waals surface area contributed by atoms with Crippen LogP contribution in [-0.4, -0.2) is 40.5 Å². The highest BCUT2D eigenvalue weighted by molar-refractivity contribution is 7.19. The molecule has 32 heavy (non-hydrogen) atoms. The van der Waals surface area contributed by atoms with Crippen LogP contribution in [-0.2, 0) is 7.05 Å². The van der Waals surface area contributed by atoms with E-state index in [1.165, 1.54) is 18.9 Å². The van der Waals surface area contributed by atoms with Gasteiger partial charge in [0.25, 0.3) is 5.91 Å². The van der Waals surface area contributed by atoms with Crippen LogP contribution in [0, 0.1) is 18.2 Å². The van der Waals surface area contributed by atoms with Crippen molar-refractivity contribution in [3.8, 4) is 10.6 Å². The van der Waals surface area contributed by atoms with Crippen LogP contribution < -0.4 is 16.0 Å². The second-order valence-corrected chi connectivity index (χ2v) is 8.61. The Kier molecular flexibility index (Phi) is 7.57. The van der Waals surface area contributed by atoms with Crippen LogP contribution in [0.1, 0.15) is 41.7 Å². The molecule has 3 heterocycles. The topological polar surface area (TPSA) is 113 Å². The lowest BCUT2D eigenvalue weighted by Gasteiger charge is -2.23. The third-order valence-electron chi connectivity index (χ3n) is 5.28. The normalized spacial score (nSPS) is 13.8. The van der Waals surface area contributed by atoms with E-state index in [0.717, 1.165) is 48.6 Å². The predicted molar refractivity (Wildman–Crippen MR) is 128 cm³/mol. The number of rotatable bonds is 4. The fourth-order valence-electron chi connectivity index (χ4n) is 3.77. The molecule has 0 aliphatic carbocycles.